The van der Waals surface area contributed by atoms with E-state index in [2.05, 4.69) is 46.9 Å². The van der Waals surface area contributed by atoms with E-state index in [0.29, 0.717) is 0 Å². The summed E-state index contributed by atoms with van der Waals surface area (Å²) in [7, 11) is 0. The topological polar surface area (TPSA) is 29.1 Å². The lowest BCUT2D eigenvalue weighted by atomic mass is 9.54. The van der Waals surface area contributed by atoms with Crippen molar-refractivity contribution in [3.05, 3.63) is 0 Å². The lowest BCUT2D eigenvalue weighted by Crippen LogP contribution is -2.66. The van der Waals surface area contributed by atoms with Gasteiger partial charge in [-0.25, -0.2) is 0 Å². The maximum absolute atomic E-state index is 12.2. The van der Waals surface area contributed by atoms with Crippen molar-refractivity contribution in [3.63, 3.8) is 0 Å². The van der Waals surface area contributed by atoms with Gasteiger partial charge in [-0.3, -0.25) is 4.79 Å². The summed E-state index contributed by atoms with van der Waals surface area (Å²) >= 11 is 0. The normalized spacial score (nSPS) is 24.7. The van der Waals surface area contributed by atoms with Crippen molar-refractivity contribution >= 4 is 5.91 Å². The molecule has 1 aliphatic heterocycles. The zero-order valence-corrected chi connectivity index (χ0v) is 13.2. The van der Waals surface area contributed by atoms with Crippen molar-refractivity contribution in [3.8, 4) is 0 Å². The highest BCUT2D eigenvalue weighted by Gasteiger charge is 2.57. The van der Waals surface area contributed by atoms with Gasteiger partial charge in [-0.05, 0) is 30.1 Å². The van der Waals surface area contributed by atoms with E-state index in [1.54, 1.807) is 0 Å². The molecule has 0 spiro atoms. The predicted octanol–water partition coefficient (Wildman–Crippen LogP) is 4.15. The van der Waals surface area contributed by atoms with Crippen molar-refractivity contribution in [2.45, 2.75) is 73.6 Å². The van der Waals surface area contributed by atoms with Crippen LogP contribution >= 0.6 is 0 Å². The van der Waals surface area contributed by atoms with Crippen LogP contribution in [0.2, 0.25) is 0 Å². The number of carbonyl (C=O) groups is 1. The lowest BCUT2D eigenvalue weighted by Gasteiger charge is -2.54. The second kappa shape index (κ2) is 5.22. The minimum absolute atomic E-state index is 0.106. The van der Waals surface area contributed by atoms with E-state index in [0.717, 1.165) is 25.8 Å². The quantitative estimate of drug-likeness (QED) is 0.679. The predicted molar refractivity (Wildman–Crippen MR) is 77.4 cm³/mol. The molecule has 1 fully saturated rings. The SMILES string of the molecule is CCCC(C)(C)CC1(C(C)(C)CCC)CNC1=O. The molecule has 1 atom stereocenters. The Kier molecular flexibility index (Phi) is 4.51. The number of hydrogen-bond donors (Lipinski definition) is 1. The molecule has 2 nitrogen and oxygen atoms in total. The average molecular weight is 253 g/mol. The fourth-order valence-corrected chi connectivity index (χ4v) is 3.75. The summed E-state index contributed by atoms with van der Waals surface area (Å²) in [6.45, 7) is 14.5. The third-order valence-corrected chi connectivity index (χ3v) is 4.86. The largest absolute Gasteiger partial charge is 0.354 e. The minimum Gasteiger partial charge on any atom is -0.354 e. The van der Waals surface area contributed by atoms with Gasteiger partial charge in [0.05, 0.1) is 5.41 Å². The Bertz CT molecular complexity index is 306. The third kappa shape index (κ3) is 2.73. The summed E-state index contributed by atoms with van der Waals surface area (Å²) in [5.41, 5.74) is 0.230. The van der Waals surface area contributed by atoms with Crippen LogP contribution < -0.4 is 5.32 Å². The first-order chi connectivity index (χ1) is 8.21. The van der Waals surface area contributed by atoms with E-state index < -0.39 is 0 Å². The molecule has 1 heterocycles. The van der Waals surface area contributed by atoms with E-state index in [4.69, 9.17) is 0 Å². The van der Waals surface area contributed by atoms with Crippen LogP contribution in [0.5, 0.6) is 0 Å². The summed E-state index contributed by atoms with van der Waals surface area (Å²) in [6, 6.07) is 0. The first-order valence-electron chi connectivity index (χ1n) is 7.49. The van der Waals surface area contributed by atoms with E-state index in [9.17, 15) is 4.79 Å². The van der Waals surface area contributed by atoms with Gasteiger partial charge in [0.25, 0.3) is 0 Å². The van der Waals surface area contributed by atoms with Crippen LogP contribution in [0.25, 0.3) is 0 Å². The van der Waals surface area contributed by atoms with Gasteiger partial charge in [0.2, 0.25) is 5.91 Å². The Hall–Kier alpha value is -0.530. The third-order valence-electron chi connectivity index (χ3n) is 4.86. The zero-order chi connectivity index (χ0) is 14.0. The fourth-order valence-electron chi connectivity index (χ4n) is 3.75. The lowest BCUT2D eigenvalue weighted by molar-refractivity contribution is -0.155. The highest BCUT2D eigenvalue weighted by Crippen LogP contribution is 2.53. The Morgan fingerprint density at radius 1 is 1.11 bits per heavy atom. The monoisotopic (exact) mass is 253 g/mol. The maximum atomic E-state index is 12.2. The molecule has 106 valence electrons. The van der Waals surface area contributed by atoms with Gasteiger partial charge < -0.3 is 5.32 Å². The van der Waals surface area contributed by atoms with Gasteiger partial charge in [-0.15, -0.1) is 0 Å². The first-order valence-corrected chi connectivity index (χ1v) is 7.49. The summed E-state index contributed by atoms with van der Waals surface area (Å²) in [4.78, 5) is 12.2. The summed E-state index contributed by atoms with van der Waals surface area (Å²) in [5, 5.41) is 2.99. The van der Waals surface area contributed by atoms with Crippen LogP contribution in [-0.4, -0.2) is 12.5 Å². The average Bonchev–Trinajstić information content (AvgIpc) is 2.23. The van der Waals surface area contributed by atoms with Crippen molar-refractivity contribution in [2.75, 3.05) is 6.54 Å². The molecule has 0 saturated carbocycles. The molecule has 1 aliphatic rings. The molecule has 0 aromatic rings. The highest BCUT2D eigenvalue weighted by atomic mass is 16.2. The van der Waals surface area contributed by atoms with Crippen molar-refractivity contribution in [2.24, 2.45) is 16.2 Å². The molecule has 0 bridgehead atoms. The second-order valence-electron chi connectivity index (χ2n) is 7.49. The molecule has 0 radical (unpaired) electrons. The van der Waals surface area contributed by atoms with Crippen LogP contribution in [-0.2, 0) is 4.79 Å². The van der Waals surface area contributed by atoms with Crippen molar-refractivity contribution in [1.82, 2.24) is 5.32 Å². The van der Waals surface area contributed by atoms with Crippen molar-refractivity contribution in [1.29, 1.82) is 0 Å². The molecule has 18 heavy (non-hydrogen) atoms. The van der Waals surface area contributed by atoms with Gasteiger partial charge in [0, 0.05) is 6.54 Å². The molecule has 1 saturated heterocycles. The van der Waals surface area contributed by atoms with Gasteiger partial charge >= 0.3 is 0 Å². The van der Waals surface area contributed by atoms with E-state index in [1.165, 1.54) is 12.8 Å². The number of amides is 1. The zero-order valence-electron chi connectivity index (χ0n) is 13.2. The van der Waals surface area contributed by atoms with E-state index >= 15 is 0 Å². The first kappa shape index (κ1) is 15.5. The Morgan fingerprint density at radius 2 is 1.67 bits per heavy atom. The fraction of sp³-hybridized carbons (Fsp3) is 0.938. The van der Waals surface area contributed by atoms with Crippen LogP contribution in [0.15, 0.2) is 0 Å². The number of hydrogen-bond acceptors (Lipinski definition) is 1. The molecule has 0 aromatic carbocycles. The molecule has 0 aromatic heterocycles. The summed E-state index contributed by atoms with van der Waals surface area (Å²) < 4.78 is 0. The highest BCUT2D eigenvalue weighted by molar-refractivity contribution is 5.89. The van der Waals surface area contributed by atoms with Crippen LogP contribution in [0.3, 0.4) is 0 Å². The van der Waals surface area contributed by atoms with Crippen molar-refractivity contribution < 1.29 is 4.79 Å². The van der Waals surface area contributed by atoms with Gasteiger partial charge in [-0.1, -0.05) is 54.4 Å². The van der Waals surface area contributed by atoms with E-state index in [-0.39, 0.29) is 22.2 Å². The second-order valence-corrected chi connectivity index (χ2v) is 7.49. The molecular formula is C16H31NO. The smallest absolute Gasteiger partial charge is 0.228 e. The number of rotatable bonds is 7. The summed E-state index contributed by atoms with van der Waals surface area (Å²) in [6.07, 6.45) is 5.69. The molecule has 1 unspecified atom stereocenters. The maximum Gasteiger partial charge on any atom is 0.228 e. The van der Waals surface area contributed by atoms with Gasteiger partial charge in [-0.2, -0.15) is 0 Å². The van der Waals surface area contributed by atoms with Crippen LogP contribution in [0.1, 0.15) is 73.6 Å². The van der Waals surface area contributed by atoms with Crippen LogP contribution in [0.4, 0.5) is 0 Å². The van der Waals surface area contributed by atoms with Gasteiger partial charge in [0.15, 0.2) is 0 Å². The minimum atomic E-state index is -0.137. The van der Waals surface area contributed by atoms with Crippen LogP contribution in [0, 0.1) is 16.2 Å². The number of nitrogens with one attached hydrogen (secondary N) is 1. The Labute approximate surface area is 113 Å². The Morgan fingerprint density at radius 3 is 2.00 bits per heavy atom. The number of carbonyl (C=O) groups excluding carboxylic acids is 1. The molecule has 2 heteroatoms. The number of β-lactam (4-membered cyclic amide) rings is 1. The van der Waals surface area contributed by atoms with Gasteiger partial charge in [0.1, 0.15) is 0 Å². The molecule has 0 aliphatic carbocycles. The molecule has 1 N–H and O–H groups in total. The standard InChI is InChI=1S/C16H31NO/c1-7-9-14(3,4)11-16(12-17-13(16)18)15(5,6)10-8-2/h7-12H2,1-6H3,(H,17,18). The molecule has 1 amide bonds. The molecule has 1 rings (SSSR count). The summed E-state index contributed by atoms with van der Waals surface area (Å²) in [5.74, 6) is 0.283. The Balaban J connectivity index is 2.92. The van der Waals surface area contributed by atoms with E-state index in [1.807, 2.05) is 0 Å². The molecular weight excluding hydrogens is 222 g/mol.